The minimum atomic E-state index is 0.791. The van der Waals surface area contributed by atoms with Gasteiger partial charge in [0.25, 0.3) is 0 Å². The van der Waals surface area contributed by atoms with Gasteiger partial charge in [0.1, 0.15) is 0 Å². The third kappa shape index (κ3) is 4.47. The monoisotopic (exact) mass is 369 g/mol. The van der Waals surface area contributed by atoms with Gasteiger partial charge in [0, 0.05) is 48.3 Å². The van der Waals surface area contributed by atoms with Crippen LogP contribution < -0.4 is 5.32 Å². The minimum Gasteiger partial charge on any atom is -0.343 e. The van der Waals surface area contributed by atoms with Crippen LogP contribution in [-0.4, -0.2) is 35.6 Å². The zero-order valence-corrected chi connectivity index (χ0v) is 16.5. The SMILES string of the molecule is CCN(CC)CCNCc1cn(Cc2ccccc2Cl)c2ccccc12. The van der Waals surface area contributed by atoms with E-state index in [4.69, 9.17) is 11.6 Å². The van der Waals surface area contributed by atoms with Crippen molar-refractivity contribution in [3.05, 3.63) is 70.9 Å². The molecule has 0 amide bonds. The topological polar surface area (TPSA) is 20.2 Å². The summed E-state index contributed by atoms with van der Waals surface area (Å²) in [6, 6.07) is 16.7. The Morgan fingerprint density at radius 3 is 2.46 bits per heavy atom. The predicted molar refractivity (Wildman–Crippen MR) is 112 cm³/mol. The van der Waals surface area contributed by atoms with Crippen molar-refractivity contribution in [3.8, 4) is 0 Å². The standard InChI is InChI=1S/C22H28ClN3/c1-3-25(4-2)14-13-24-15-19-17-26(22-12-8-6-10-20(19)22)16-18-9-5-7-11-21(18)23/h5-12,17,24H,3-4,13-16H2,1-2H3. The first kappa shape index (κ1) is 19.0. The summed E-state index contributed by atoms with van der Waals surface area (Å²) >= 11 is 6.36. The molecule has 3 nitrogen and oxygen atoms in total. The summed E-state index contributed by atoms with van der Waals surface area (Å²) in [5.41, 5.74) is 3.75. The molecule has 0 atom stereocenters. The van der Waals surface area contributed by atoms with Crippen molar-refractivity contribution in [2.45, 2.75) is 26.9 Å². The van der Waals surface area contributed by atoms with Crippen LogP contribution in [0.5, 0.6) is 0 Å². The van der Waals surface area contributed by atoms with E-state index in [0.717, 1.165) is 49.9 Å². The Bertz CT molecular complexity index is 836. The molecule has 3 rings (SSSR count). The quantitative estimate of drug-likeness (QED) is 0.548. The maximum Gasteiger partial charge on any atom is 0.0491 e. The first-order valence-electron chi connectivity index (χ1n) is 9.46. The number of nitrogens with one attached hydrogen (secondary N) is 1. The molecule has 3 aromatic rings. The highest BCUT2D eigenvalue weighted by molar-refractivity contribution is 6.31. The second-order valence-electron chi connectivity index (χ2n) is 6.59. The molecule has 0 saturated heterocycles. The second kappa shape index (κ2) is 9.22. The molecule has 0 fully saturated rings. The van der Waals surface area contributed by atoms with Crippen LogP contribution in [0.1, 0.15) is 25.0 Å². The number of rotatable bonds is 9. The molecule has 0 unspecified atom stereocenters. The molecule has 0 aliphatic heterocycles. The summed E-state index contributed by atoms with van der Waals surface area (Å²) in [7, 11) is 0. The van der Waals surface area contributed by atoms with Gasteiger partial charge in [-0.2, -0.15) is 0 Å². The van der Waals surface area contributed by atoms with E-state index in [-0.39, 0.29) is 0 Å². The zero-order chi connectivity index (χ0) is 18.4. The fourth-order valence-electron chi connectivity index (χ4n) is 3.40. The molecule has 0 bridgehead atoms. The van der Waals surface area contributed by atoms with Gasteiger partial charge in [0.2, 0.25) is 0 Å². The van der Waals surface area contributed by atoms with E-state index in [1.54, 1.807) is 0 Å². The van der Waals surface area contributed by atoms with Gasteiger partial charge in [-0.15, -0.1) is 0 Å². The van der Waals surface area contributed by atoms with Crippen LogP contribution in [-0.2, 0) is 13.1 Å². The highest BCUT2D eigenvalue weighted by Crippen LogP contribution is 2.24. The summed E-state index contributed by atoms with van der Waals surface area (Å²) in [5, 5.41) is 5.74. The van der Waals surface area contributed by atoms with Crippen LogP contribution in [0, 0.1) is 0 Å². The number of nitrogens with zero attached hydrogens (tertiary/aromatic N) is 2. The van der Waals surface area contributed by atoms with Crippen LogP contribution in [0.3, 0.4) is 0 Å². The smallest absolute Gasteiger partial charge is 0.0491 e. The van der Waals surface area contributed by atoms with Crippen LogP contribution in [0.2, 0.25) is 5.02 Å². The van der Waals surface area contributed by atoms with Crippen molar-refractivity contribution < 1.29 is 0 Å². The molecule has 0 aliphatic carbocycles. The summed E-state index contributed by atoms with van der Waals surface area (Å²) in [4.78, 5) is 2.44. The van der Waals surface area contributed by atoms with Crippen LogP contribution in [0.15, 0.2) is 54.7 Å². The molecule has 1 N–H and O–H groups in total. The maximum atomic E-state index is 6.36. The minimum absolute atomic E-state index is 0.791. The molecule has 138 valence electrons. The van der Waals surface area contributed by atoms with Crippen molar-refractivity contribution in [2.24, 2.45) is 0 Å². The summed E-state index contributed by atoms with van der Waals surface area (Å²) in [5.74, 6) is 0. The third-order valence-corrected chi connectivity index (χ3v) is 5.35. The van der Waals surface area contributed by atoms with Gasteiger partial charge in [0.15, 0.2) is 0 Å². The van der Waals surface area contributed by atoms with Gasteiger partial charge >= 0.3 is 0 Å². The lowest BCUT2D eigenvalue weighted by Gasteiger charge is -2.17. The third-order valence-electron chi connectivity index (χ3n) is 4.98. The molecule has 0 spiro atoms. The average Bonchev–Trinajstić information content (AvgIpc) is 3.02. The van der Waals surface area contributed by atoms with Crippen LogP contribution >= 0.6 is 11.6 Å². The van der Waals surface area contributed by atoms with Crippen molar-refractivity contribution in [2.75, 3.05) is 26.2 Å². The van der Waals surface area contributed by atoms with Gasteiger partial charge < -0.3 is 14.8 Å². The Morgan fingerprint density at radius 2 is 1.69 bits per heavy atom. The van der Waals surface area contributed by atoms with E-state index < -0.39 is 0 Å². The van der Waals surface area contributed by atoms with Crippen molar-refractivity contribution in [1.82, 2.24) is 14.8 Å². The number of para-hydroxylation sites is 1. The largest absolute Gasteiger partial charge is 0.343 e. The summed E-state index contributed by atoms with van der Waals surface area (Å²) in [6.45, 7) is 10.4. The number of fused-ring (bicyclic) bond motifs is 1. The Hall–Kier alpha value is -1.81. The van der Waals surface area contributed by atoms with Crippen molar-refractivity contribution in [1.29, 1.82) is 0 Å². The Morgan fingerprint density at radius 1 is 0.962 bits per heavy atom. The van der Waals surface area contributed by atoms with Crippen LogP contribution in [0.25, 0.3) is 10.9 Å². The fraction of sp³-hybridized carbons (Fsp3) is 0.364. The number of hydrogen-bond acceptors (Lipinski definition) is 2. The van der Waals surface area contributed by atoms with Gasteiger partial charge in [0.05, 0.1) is 0 Å². The van der Waals surface area contributed by atoms with E-state index in [1.165, 1.54) is 16.5 Å². The highest BCUT2D eigenvalue weighted by atomic mass is 35.5. The lowest BCUT2D eigenvalue weighted by molar-refractivity contribution is 0.302. The molecule has 0 radical (unpaired) electrons. The number of halogens is 1. The molecule has 26 heavy (non-hydrogen) atoms. The second-order valence-corrected chi connectivity index (χ2v) is 7.00. The predicted octanol–water partition coefficient (Wildman–Crippen LogP) is 4.77. The number of hydrogen-bond donors (Lipinski definition) is 1. The molecule has 2 aromatic carbocycles. The molecule has 1 aromatic heterocycles. The number of benzene rings is 2. The molecular weight excluding hydrogens is 342 g/mol. The van der Waals surface area contributed by atoms with Gasteiger partial charge in [-0.25, -0.2) is 0 Å². The summed E-state index contributed by atoms with van der Waals surface area (Å²) < 4.78 is 2.30. The first-order valence-corrected chi connectivity index (χ1v) is 9.84. The normalized spacial score (nSPS) is 11.5. The van der Waals surface area contributed by atoms with Gasteiger partial charge in [-0.3, -0.25) is 0 Å². The van der Waals surface area contributed by atoms with Crippen molar-refractivity contribution >= 4 is 22.5 Å². The lowest BCUT2D eigenvalue weighted by Crippen LogP contribution is -2.31. The fourth-order valence-corrected chi connectivity index (χ4v) is 3.60. The van der Waals surface area contributed by atoms with Crippen molar-refractivity contribution in [3.63, 3.8) is 0 Å². The van der Waals surface area contributed by atoms with E-state index in [0.29, 0.717) is 0 Å². The van der Waals surface area contributed by atoms with E-state index >= 15 is 0 Å². The summed E-state index contributed by atoms with van der Waals surface area (Å²) in [6.07, 6.45) is 2.26. The Kier molecular flexibility index (Phi) is 6.73. The highest BCUT2D eigenvalue weighted by Gasteiger charge is 2.09. The van der Waals surface area contributed by atoms with Crippen LogP contribution in [0.4, 0.5) is 0 Å². The molecule has 1 heterocycles. The first-order chi connectivity index (χ1) is 12.7. The zero-order valence-electron chi connectivity index (χ0n) is 15.7. The molecule has 0 saturated carbocycles. The maximum absolute atomic E-state index is 6.36. The van der Waals surface area contributed by atoms with E-state index in [9.17, 15) is 0 Å². The number of likely N-dealkylation sites (N-methyl/N-ethyl adjacent to an activating group) is 1. The van der Waals surface area contributed by atoms with Gasteiger partial charge in [-0.05, 0) is 36.3 Å². The van der Waals surface area contributed by atoms with E-state index in [2.05, 4.69) is 65.2 Å². The molecule has 0 aliphatic rings. The Labute approximate surface area is 161 Å². The number of aromatic nitrogens is 1. The lowest BCUT2D eigenvalue weighted by atomic mass is 10.2. The van der Waals surface area contributed by atoms with E-state index in [1.807, 2.05) is 18.2 Å². The Balaban J connectivity index is 1.74. The van der Waals surface area contributed by atoms with Gasteiger partial charge in [-0.1, -0.05) is 61.8 Å². The average molecular weight is 370 g/mol. The molecule has 4 heteroatoms. The molecular formula is C22H28ClN3.